The van der Waals surface area contributed by atoms with Crippen molar-refractivity contribution in [1.82, 2.24) is 0 Å². The summed E-state index contributed by atoms with van der Waals surface area (Å²) < 4.78 is 0. The predicted octanol–water partition coefficient (Wildman–Crippen LogP) is 3.59. The molecule has 0 atom stereocenters. The lowest BCUT2D eigenvalue weighted by molar-refractivity contribution is 1.19. The third-order valence-electron chi connectivity index (χ3n) is 2.66. The van der Waals surface area contributed by atoms with E-state index >= 15 is 0 Å². The standard InChI is InChI=1S/C13H14/c1-3-6-12-10(2)9-11-7-4-5-8-13(11)12/h3-5,7-8H,1,6,9H2,2H3. The zero-order chi connectivity index (χ0) is 9.26. The fraction of sp³-hybridized carbons (Fsp3) is 0.231. The Morgan fingerprint density at radius 1 is 1.38 bits per heavy atom. The van der Waals surface area contributed by atoms with Crippen molar-refractivity contribution in [3.63, 3.8) is 0 Å². The van der Waals surface area contributed by atoms with E-state index in [-0.39, 0.29) is 0 Å². The molecule has 0 spiro atoms. The van der Waals surface area contributed by atoms with Crippen LogP contribution in [0.1, 0.15) is 24.5 Å². The van der Waals surface area contributed by atoms with Gasteiger partial charge in [0.05, 0.1) is 0 Å². The molecule has 0 fully saturated rings. The van der Waals surface area contributed by atoms with E-state index < -0.39 is 0 Å². The Labute approximate surface area is 79.6 Å². The van der Waals surface area contributed by atoms with E-state index in [1.54, 1.807) is 0 Å². The van der Waals surface area contributed by atoms with Crippen molar-refractivity contribution in [1.29, 1.82) is 0 Å². The molecular weight excluding hydrogens is 156 g/mol. The molecule has 0 aromatic heterocycles. The number of rotatable bonds is 2. The van der Waals surface area contributed by atoms with Gasteiger partial charge in [-0.15, -0.1) is 6.58 Å². The molecule has 0 heteroatoms. The number of hydrogen-bond donors (Lipinski definition) is 0. The summed E-state index contributed by atoms with van der Waals surface area (Å²) in [7, 11) is 0. The van der Waals surface area contributed by atoms with Crippen LogP contribution in [0.25, 0.3) is 5.57 Å². The molecule has 0 saturated heterocycles. The first kappa shape index (κ1) is 8.31. The highest BCUT2D eigenvalue weighted by Crippen LogP contribution is 2.34. The Morgan fingerprint density at radius 2 is 2.15 bits per heavy atom. The molecule has 0 unspecified atom stereocenters. The number of allylic oxidation sites excluding steroid dienone is 3. The van der Waals surface area contributed by atoms with Crippen molar-refractivity contribution in [3.8, 4) is 0 Å². The van der Waals surface area contributed by atoms with Gasteiger partial charge in [0.25, 0.3) is 0 Å². The second-order valence-electron chi connectivity index (χ2n) is 3.59. The van der Waals surface area contributed by atoms with E-state index in [9.17, 15) is 0 Å². The minimum Gasteiger partial charge on any atom is -0.103 e. The maximum Gasteiger partial charge on any atom is -0.00577 e. The van der Waals surface area contributed by atoms with Gasteiger partial charge in [0.1, 0.15) is 0 Å². The Hall–Kier alpha value is -1.30. The zero-order valence-electron chi connectivity index (χ0n) is 8.01. The topological polar surface area (TPSA) is 0 Å². The minimum atomic E-state index is 1.00. The fourth-order valence-corrected chi connectivity index (χ4v) is 2.02. The van der Waals surface area contributed by atoms with Gasteiger partial charge in [-0.05, 0) is 36.5 Å². The van der Waals surface area contributed by atoms with Crippen LogP contribution in [0, 0.1) is 0 Å². The molecule has 0 heterocycles. The average molecular weight is 170 g/mol. The largest absolute Gasteiger partial charge is 0.103 e. The molecular formula is C13H14. The van der Waals surface area contributed by atoms with Gasteiger partial charge in [-0.2, -0.15) is 0 Å². The molecule has 0 saturated carbocycles. The van der Waals surface area contributed by atoms with E-state index in [2.05, 4.69) is 37.8 Å². The fourth-order valence-electron chi connectivity index (χ4n) is 2.02. The van der Waals surface area contributed by atoms with E-state index in [0.717, 1.165) is 12.8 Å². The van der Waals surface area contributed by atoms with Crippen molar-refractivity contribution in [2.75, 3.05) is 0 Å². The Morgan fingerprint density at radius 3 is 2.92 bits per heavy atom. The second kappa shape index (κ2) is 3.21. The molecule has 0 radical (unpaired) electrons. The molecule has 0 amide bonds. The van der Waals surface area contributed by atoms with Gasteiger partial charge in [0, 0.05) is 0 Å². The summed E-state index contributed by atoms with van der Waals surface area (Å²) in [6, 6.07) is 8.66. The first-order chi connectivity index (χ1) is 6.33. The summed E-state index contributed by atoms with van der Waals surface area (Å²) in [5.41, 5.74) is 5.88. The van der Waals surface area contributed by atoms with E-state index in [0.29, 0.717) is 0 Å². The van der Waals surface area contributed by atoms with Crippen molar-refractivity contribution in [2.45, 2.75) is 19.8 Å². The predicted molar refractivity (Wildman–Crippen MR) is 57.6 cm³/mol. The van der Waals surface area contributed by atoms with Gasteiger partial charge in [0.15, 0.2) is 0 Å². The van der Waals surface area contributed by atoms with Gasteiger partial charge in [-0.3, -0.25) is 0 Å². The molecule has 0 aliphatic heterocycles. The highest BCUT2D eigenvalue weighted by molar-refractivity contribution is 5.76. The van der Waals surface area contributed by atoms with Gasteiger partial charge < -0.3 is 0 Å². The SMILES string of the molecule is C=CCC1=C(C)Cc2ccccc21. The lowest BCUT2D eigenvalue weighted by atomic mass is 10.0. The van der Waals surface area contributed by atoms with E-state index in [4.69, 9.17) is 0 Å². The molecule has 1 aromatic rings. The third kappa shape index (κ3) is 1.33. The maximum absolute atomic E-state index is 3.80. The van der Waals surface area contributed by atoms with Gasteiger partial charge in [0.2, 0.25) is 0 Å². The van der Waals surface area contributed by atoms with E-state index in [1.165, 1.54) is 22.3 Å². The summed E-state index contributed by atoms with van der Waals surface area (Å²) in [5, 5.41) is 0. The van der Waals surface area contributed by atoms with Crippen LogP contribution in [-0.4, -0.2) is 0 Å². The normalized spacial score (nSPS) is 14.5. The molecule has 66 valence electrons. The van der Waals surface area contributed by atoms with Crippen molar-refractivity contribution in [2.24, 2.45) is 0 Å². The second-order valence-corrected chi connectivity index (χ2v) is 3.59. The van der Waals surface area contributed by atoms with Crippen molar-refractivity contribution in [3.05, 3.63) is 53.6 Å². The van der Waals surface area contributed by atoms with Crippen molar-refractivity contribution < 1.29 is 0 Å². The van der Waals surface area contributed by atoms with Gasteiger partial charge in [-0.25, -0.2) is 0 Å². The highest BCUT2D eigenvalue weighted by Gasteiger charge is 2.16. The van der Waals surface area contributed by atoms with Crippen LogP contribution < -0.4 is 0 Å². The van der Waals surface area contributed by atoms with E-state index in [1.807, 2.05) is 6.08 Å². The summed E-state index contributed by atoms with van der Waals surface area (Å²) in [5.74, 6) is 0. The highest BCUT2D eigenvalue weighted by atomic mass is 14.2. The lowest BCUT2D eigenvalue weighted by Crippen LogP contribution is -1.81. The summed E-state index contributed by atoms with van der Waals surface area (Å²) >= 11 is 0. The Balaban J connectivity index is 2.46. The van der Waals surface area contributed by atoms with Crippen molar-refractivity contribution >= 4 is 5.57 Å². The van der Waals surface area contributed by atoms with Gasteiger partial charge in [-0.1, -0.05) is 35.9 Å². The first-order valence-corrected chi connectivity index (χ1v) is 4.70. The monoisotopic (exact) mass is 170 g/mol. The Kier molecular flexibility index (Phi) is 2.05. The number of fused-ring (bicyclic) bond motifs is 1. The third-order valence-corrected chi connectivity index (χ3v) is 2.66. The smallest absolute Gasteiger partial charge is 0.00577 e. The molecule has 0 nitrogen and oxygen atoms in total. The lowest BCUT2D eigenvalue weighted by Gasteiger charge is -2.02. The molecule has 0 N–H and O–H groups in total. The minimum absolute atomic E-state index is 1.00. The average Bonchev–Trinajstić information content (AvgIpc) is 2.44. The summed E-state index contributed by atoms with van der Waals surface area (Å²) in [4.78, 5) is 0. The van der Waals surface area contributed by atoms with Crippen LogP contribution in [0.2, 0.25) is 0 Å². The van der Waals surface area contributed by atoms with Crippen LogP contribution in [0.4, 0.5) is 0 Å². The molecule has 1 aromatic carbocycles. The maximum atomic E-state index is 3.80. The quantitative estimate of drug-likeness (QED) is 0.595. The zero-order valence-corrected chi connectivity index (χ0v) is 8.01. The molecule has 13 heavy (non-hydrogen) atoms. The number of hydrogen-bond acceptors (Lipinski definition) is 0. The molecule has 1 aliphatic carbocycles. The molecule has 2 rings (SSSR count). The molecule has 1 aliphatic rings. The summed E-state index contributed by atoms with van der Waals surface area (Å²) in [6.07, 6.45) is 4.11. The van der Waals surface area contributed by atoms with Gasteiger partial charge >= 0.3 is 0 Å². The number of benzene rings is 1. The van der Waals surface area contributed by atoms with Crippen LogP contribution in [0.3, 0.4) is 0 Å². The summed E-state index contributed by atoms with van der Waals surface area (Å²) in [6.45, 7) is 6.02. The Bertz CT molecular complexity index is 369. The van der Waals surface area contributed by atoms with Crippen LogP contribution in [0.15, 0.2) is 42.5 Å². The molecule has 0 bridgehead atoms. The first-order valence-electron chi connectivity index (χ1n) is 4.70. The van der Waals surface area contributed by atoms with Crippen LogP contribution >= 0.6 is 0 Å². The van der Waals surface area contributed by atoms with Crippen LogP contribution in [-0.2, 0) is 6.42 Å². The van der Waals surface area contributed by atoms with Crippen LogP contribution in [0.5, 0.6) is 0 Å².